The van der Waals surface area contributed by atoms with Crippen molar-refractivity contribution in [2.75, 3.05) is 5.32 Å². The van der Waals surface area contributed by atoms with Gasteiger partial charge in [0.05, 0.1) is 15.8 Å². The van der Waals surface area contributed by atoms with Crippen molar-refractivity contribution in [3.8, 4) is 0 Å². The molecule has 3 aromatic rings. The molecule has 0 radical (unpaired) electrons. The lowest BCUT2D eigenvalue weighted by molar-refractivity contribution is 0.102. The zero-order valence-corrected chi connectivity index (χ0v) is 11.8. The number of benzene rings is 1. The Balaban J connectivity index is 1.91. The lowest BCUT2D eigenvalue weighted by atomic mass is 10.2. The second kappa shape index (κ2) is 5.34. The average Bonchev–Trinajstić information content (AvgIpc) is 2.83. The summed E-state index contributed by atoms with van der Waals surface area (Å²) in [4.78, 5) is 19.2. The molecule has 0 saturated carbocycles. The summed E-state index contributed by atoms with van der Waals surface area (Å²) in [5, 5.41) is 3.25. The van der Waals surface area contributed by atoms with E-state index in [1.54, 1.807) is 18.2 Å². The van der Waals surface area contributed by atoms with Gasteiger partial charge in [-0.15, -0.1) is 0 Å². The Hall–Kier alpha value is -2.12. The van der Waals surface area contributed by atoms with Crippen molar-refractivity contribution < 1.29 is 13.6 Å². The van der Waals surface area contributed by atoms with Crippen molar-refractivity contribution in [3.05, 3.63) is 52.8 Å². The minimum atomic E-state index is -1.32. The zero-order chi connectivity index (χ0) is 15.0. The second-order valence-electron chi connectivity index (χ2n) is 4.05. The highest BCUT2D eigenvalue weighted by molar-refractivity contribution is 7.22. The Bertz CT molecular complexity index is 853. The van der Waals surface area contributed by atoms with E-state index in [0.717, 1.165) is 17.0 Å². The van der Waals surface area contributed by atoms with Gasteiger partial charge >= 0.3 is 0 Å². The van der Waals surface area contributed by atoms with Crippen molar-refractivity contribution in [2.24, 2.45) is 0 Å². The van der Waals surface area contributed by atoms with Crippen molar-refractivity contribution >= 4 is 44.2 Å². The van der Waals surface area contributed by atoms with Crippen LogP contribution in [0.1, 0.15) is 10.4 Å². The molecule has 0 spiro atoms. The van der Waals surface area contributed by atoms with Gasteiger partial charge in [0.1, 0.15) is 0 Å². The lowest BCUT2D eigenvalue weighted by Gasteiger charge is -2.02. The topological polar surface area (TPSA) is 54.9 Å². The van der Waals surface area contributed by atoms with Crippen LogP contribution in [0.15, 0.2) is 30.5 Å². The minimum Gasteiger partial charge on any atom is -0.298 e. The third-order valence-corrected chi connectivity index (χ3v) is 3.83. The second-order valence-corrected chi connectivity index (χ2v) is 5.52. The van der Waals surface area contributed by atoms with E-state index in [4.69, 9.17) is 11.6 Å². The Labute approximate surface area is 126 Å². The smallest absolute Gasteiger partial charge is 0.260 e. The molecule has 0 atom stereocenters. The van der Waals surface area contributed by atoms with Crippen molar-refractivity contribution in [1.82, 2.24) is 9.97 Å². The Morgan fingerprint density at radius 3 is 2.90 bits per heavy atom. The number of nitrogens with zero attached hydrogens (tertiary/aromatic N) is 2. The van der Waals surface area contributed by atoms with Crippen LogP contribution in [0.4, 0.5) is 13.9 Å². The summed E-state index contributed by atoms with van der Waals surface area (Å²) < 4.78 is 27.3. The molecule has 106 valence electrons. The van der Waals surface area contributed by atoms with E-state index in [2.05, 4.69) is 15.3 Å². The molecule has 21 heavy (non-hydrogen) atoms. The number of fused-ring (bicyclic) bond motifs is 1. The molecule has 0 bridgehead atoms. The quantitative estimate of drug-likeness (QED) is 0.728. The summed E-state index contributed by atoms with van der Waals surface area (Å²) in [7, 11) is 0. The van der Waals surface area contributed by atoms with Gasteiger partial charge in [-0.25, -0.2) is 14.4 Å². The molecule has 1 N–H and O–H groups in total. The summed E-state index contributed by atoms with van der Waals surface area (Å²) in [6, 6.07) is 6.18. The van der Waals surface area contributed by atoms with E-state index in [0.29, 0.717) is 10.5 Å². The van der Waals surface area contributed by atoms with E-state index >= 15 is 0 Å². The van der Waals surface area contributed by atoms with Gasteiger partial charge in [-0.2, -0.15) is 4.39 Å². The van der Waals surface area contributed by atoms with Crippen LogP contribution in [0.3, 0.4) is 0 Å². The van der Waals surface area contributed by atoms with E-state index in [-0.39, 0.29) is 5.13 Å². The van der Waals surface area contributed by atoms with Crippen LogP contribution >= 0.6 is 22.9 Å². The number of pyridine rings is 1. The Morgan fingerprint density at radius 1 is 1.29 bits per heavy atom. The first-order valence-electron chi connectivity index (χ1n) is 5.72. The maximum absolute atomic E-state index is 13.5. The van der Waals surface area contributed by atoms with Crippen LogP contribution in [-0.4, -0.2) is 15.9 Å². The highest BCUT2D eigenvalue weighted by Gasteiger charge is 2.17. The Morgan fingerprint density at radius 2 is 2.10 bits per heavy atom. The van der Waals surface area contributed by atoms with Crippen molar-refractivity contribution in [1.29, 1.82) is 0 Å². The van der Waals surface area contributed by atoms with E-state index in [9.17, 15) is 13.6 Å². The van der Waals surface area contributed by atoms with Gasteiger partial charge in [0.2, 0.25) is 5.95 Å². The van der Waals surface area contributed by atoms with E-state index < -0.39 is 23.2 Å². The van der Waals surface area contributed by atoms with Gasteiger partial charge < -0.3 is 0 Å². The molecule has 0 aliphatic heterocycles. The molecular weight excluding hydrogens is 320 g/mol. The molecule has 2 aromatic heterocycles. The van der Waals surface area contributed by atoms with E-state index in [1.165, 1.54) is 11.3 Å². The molecule has 2 heterocycles. The number of carbonyl (C=O) groups is 1. The fourth-order valence-corrected chi connectivity index (χ4v) is 2.85. The fraction of sp³-hybridized carbons (Fsp3) is 0. The predicted octanol–water partition coefficient (Wildman–Crippen LogP) is 3.88. The number of aromatic nitrogens is 2. The lowest BCUT2D eigenvalue weighted by Crippen LogP contribution is -2.14. The van der Waals surface area contributed by atoms with E-state index in [1.807, 2.05) is 0 Å². The number of halogens is 3. The van der Waals surface area contributed by atoms with Crippen LogP contribution in [0.5, 0.6) is 0 Å². The largest absolute Gasteiger partial charge is 0.298 e. The average molecular weight is 326 g/mol. The third-order valence-electron chi connectivity index (χ3n) is 2.66. The number of nitrogens with one attached hydrogen (secondary N) is 1. The molecule has 8 heteroatoms. The van der Waals surface area contributed by atoms with Crippen LogP contribution in [0, 0.1) is 11.8 Å². The van der Waals surface area contributed by atoms with Gasteiger partial charge in [0, 0.05) is 11.2 Å². The fourth-order valence-electron chi connectivity index (χ4n) is 1.71. The third kappa shape index (κ3) is 2.70. The van der Waals surface area contributed by atoms with Gasteiger partial charge in [0.15, 0.2) is 10.9 Å². The number of anilines is 1. The molecule has 0 unspecified atom stereocenters. The standard InChI is InChI=1S/C13H6ClF2N3OS/c14-6-1-2-8-9(5-6)21-13(18-8)19-12(20)7-3-4-17-11(16)10(7)15/h1-5H,(H,18,19,20). The molecule has 0 aliphatic rings. The molecule has 1 amide bonds. The van der Waals surface area contributed by atoms with Gasteiger partial charge in [-0.3, -0.25) is 10.1 Å². The number of thiazole rings is 1. The number of rotatable bonds is 2. The van der Waals surface area contributed by atoms with Gasteiger partial charge in [0.25, 0.3) is 5.91 Å². The number of carbonyl (C=O) groups excluding carboxylic acids is 1. The van der Waals surface area contributed by atoms with Crippen LogP contribution < -0.4 is 5.32 Å². The highest BCUT2D eigenvalue weighted by atomic mass is 35.5. The molecule has 1 aromatic carbocycles. The van der Waals surface area contributed by atoms with Crippen LogP contribution in [0.2, 0.25) is 5.02 Å². The molecule has 0 fully saturated rings. The Kier molecular flexibility index (Phi) is 3.52. The first-order chi connectivity index (χ1) is 10.0. The number of amides is 1. The van der Waals surface area contributed by atoms with Gasteiger partial charge in [-0.05, 0) is 24.3 Å². The van der Waals surface area contributed by atoms with Crippen molar-refractivity contribution in [3.63, 3.8) is 0 Å². The molecule has 0 aliphatic carbocycles. The molecular formula is C13H6ClF2N3OS. The monoisotopic (exact) mass is 325 g/mol. The maximum atomic E-state index is 13.5. The van der Waals surface area contributed by atoms with Crippen LogP contribution in [-0.2, 0) is 0 Å². The zero-order valence-electron chi connectivity index (χ0n) is 10.2. The van der Waals surface area contributed by atoms with Crippen molar-refractivity contribution in [2.45, 2.75) is 0 Å². The SMILES string of the molecule is O=C(Nc1nc2ccc(Cl)cc2s1)c1ccnc(F)c1F. The normalized spacial score (nSPS) is 10.8. The predicted molar refractivity (Wildman–Crippen MR) is 76.7 cm³/mol. The summed E-state index contributed by atoms with van der Waals surface area (Å²) in [6.07, 6.45) is 1.02. The van der Waals surface area contributed by atoms with Crippen LogP contribution in [0.25, 0.3) is 10.2 Å². The molecule has 3 rings (SSSR count). The summed E-state index contributed by atoms with van der Waals surface area (Å²) in [6.45, 7) is 0. The minimum absolute atomic E-state index is 0.272. The molecule has 0 saturated heterocycles. The number of hydrogen-bond donors (Lipinski definition) is 1. The molecule has 4 nitrogen and oxygen atoms in total. The highest BCUT2D eigenvalue weighted by Crippen LogP contribution is 2.28. The summed E-state index contributed by atoms with van der Waals surface area (Å²) in [5.74, 6) is -3.41. The maximum Gasteiger partial charge on any atom is 0.260 e. The van der Waals surface area contributed by atoms with Gasteiger partial charge in [-0.1, -0.05) is 22.9 Å². The number of hydrogen-bond acceptors (Lipinski definition) is 4. The first kappa shape index (κ1) is 13.8. The summed E-state index contributed by atoms with van der Waals surface area (Å²) >= 11 is 7.05. The summed E-state index contributed by atoms with van der Waals surface area (Å²) in [5.41, 5.74) is 0.223. The first-order valence-corrected chi connectivity index (χ1v) is 6.91.